The molecule has 0 aromatic carbocycles. The Labute approximate surface area is 242 Å². The zero-order valence-corrected chi connectivity index (χ0v) is 24.7. The predicted molar refractivity (Wildman–Crippen MR) is 148 cm³/mol. The number of nitrogens with two attached hydrogens (primary N) is 2. The summed E-state index contributed by atoms with van der Waals surface area (Å²) in [4.78, 5) is 35.5. The van der Waals surface area contributed by atoms with Crippen molar-refractivity contribution in [1.82, 2.24) is 39.0 Å². The molecule has 0 aliphatic carbocycles. The van der Waals surface area contributed by atoms with Crippen LogP contribution in [0.3, 0.4) is 0 Å². The molecule has 3 aliphatic rings. The van der Waals surface area contributed by atoms with Gasteiger partial charge in [0.1, 0.15) is 30.3 Å². The molecule has 230 valence electrons. The Hall–Kier alpha value is -3.28. The topological polar surface area (TPSA) is 249 Å². The van der Waals surface area contributed by atoms with Gasteiger partial charge in [0.05, 0.1) is 38.1 Å². The van der Waals surface area contributed by atoms with Crippen molar-refractivity contribution in [3.05, 3.63) is 29.3 Å². The van der Waals surface area contributed by atoms with E-state index in [9.17, 15) is 13.9 Å². The lowest BCUT2D eigenvalue weighted by Crippen LogP contribution is -2.29. The van der Waals surface area contributed by atoms with Crippen LogP contribution < -0.4 is 17.0 Å². The normalized spacial score (nSPS) is 35.4. The molecule has 8 atom stereocenters. The number of aromatic nitrogens is 8. The number of nitrogens with zero attached hydrogens (tertiary/aromatic N) is 7. The Balaban J connectivity index is 1.17. The molecule has 7 rings (SSSR count). The molecule has 7 heterocycles. The highest BCUT2D eigenvalue weighted by Crippen LogP contribution is 2.54. The minimum Gasteiger partial charge on any atom is -0.382 e. The monoisotopic (exact) mass is 638 g/mol. The first kappa shape index (κ1) is 28.5. The molecule has 4 aromatic rings. The van der Waals surface area contributed by atoms with Gasteiger partial charge >= 0.3 is 15.2 Å². The van der Waals surface area contributed by atoms with Crippen LogP contribution in [0.2, 0.25) is 0 Å². The molecule has 3 aliphatic heterocycles. The second-order valence-electron chi connectivity index (χ2n) is 10.5. The van der Waals surface area contributed by atoms with Crippen molar-refractivity contribution >= 4 is 49.3 Å². The van der Waals surface area contributed by atoms with Crippen LogP contribution in [0.5, 0.6) is 0 Å². The third-order valence-corrected chi connectivity index (χ3v) is 9.91. The zero-order valence-electron chi connectivity index (χ0n) is 22.9. The van der Waals surface area contributed by atoms with Crippen molar-refractivity contribution in [2.45, 2.75) is 49.7 Å². The quantitative estimate of drug-likeness (QED) is 0.261. The predicted octanol–water partition coefficient (Wildman–Crippen LogP) is 1.16. The van der Waals surface area contributed by atoms with Gasteiger partial charge in [-0.2, -0.15) is 4.98 Å². The first-order valence-corrected chi connectivity index (χ1v) is 17.2. The average Bonchev–Trinajstić information content (AvgIpc) is 3.71. The Morgan fingerprint density at radius 1 is 0.860 bits per heavy atom. The minimum absolute atomic E-state index is 0.0341. The van der Waals surface area contributed by atoms with Crippen molar-refractivity contribution in [1.29, 1.82) is 0 Å². The van der Waals surface area contributed by atoms with Crippen LogP contribution in [0, 0.1) is 0 Å². The number of rotatable bonds is 2. The highest BCUT2D eigenvalue weighted by molar-refractivity contribution is 7.53. The molecule has 2 bridgehead atoms. The highest BCUT2D eigenvalue weighted by atomic mass is 31.2. The summed E-state index contributed by atoms with van der Waals surface area (Å²) in [6.07, 6.45) is -0.0692. The summed E-state index contributed by atoms with van der Waals surface area (Å²) in [6, 6.07) is 0. The van der Waals surface area contributed by atoms with E-state index in [0.29, 0.717) is 11.2 Å². The molecule has 2 unspecified atom stereocenters. The number of imidazole rings is 2. The SMILES string of the molecule is CP1(=O)OC[C@H]2O[C@@H](n3cnc4c(N)ncnc43)C[C@H]2OP(C)(=O)OC[C@@H]2C[C@H](O1)[C@H](n1cnc3c(=O)[nH]c(N)nc31)O2. The summed E-state index contributed by atoms with van der Waals surface area (Å²) in [5, 5.41) is 0. The standard InChI is InChI=1S/C22H28N10O9P2/c1-42(34)36-5-10-3-12(21(38-10)32-9-28-16-19(32)29-22(24)30-20(16)33)41-43(2,35)37-6-13-11(40-42)4-14(39-13)31-8-27-15-17(23)25-7-26-18(15)31/h7-14,21H,3-6H2,1-2H3,(H2,23,25,26)(H3,24,29,30,33)/t10-,11+,12-,13+,14+,21+,42?,43?/m0/s1. The molecule has 21 heteroatoms. The van der Waals surface area contributed by atoms with E-state index < -0.39 is 57.6 Å². The molecule has 0 spiro atoms. The number of anilines is 2. The lowest BCUT2D eigenvalue weighted by atomic mass is 10.2. The van der Waals surface area contributed by atoms with Crippen molar-refractivity contribution in [3.63, 3.8) is 0 Å². The molecule has 0 radical (unpaired) electrons. The second-order valence-corrected chi connectivity index (χ2v) is 14.6. The molecule has 3 fully saturated rings. The van der Waals surface area contributed by atoms with Crippen LogP contribution in [-0.4, -0.2) is 90.0 Å². The van der Waals surface area contributed by atoms with E-state index >= 15 is 0 Å². The van der Waals surface area contributed by atoms with E-state index in [1.165, 1.54) is 36.9 Å². The van der Waals surface area contributed by atoms with Crippen LogP contribution in [0.25, 0.3) is 22.3 Å². The van der Waals surface area contributed by atoms with Gasteiger partial charge in [-0.05, 0) is 0 Å². The second kappa shape index (κ2) is 10.4. The number of hydrogen-bond donors (Lipinski definition) is 3. The van der Waals surface area contributed by atoms with Crippen LogP contribution >= 0.6 is 15.2 Å². The third kappa shape index (κ3) is 5.36. The molecule has 4 aromatic heterocycles. The molecular formula is C22H28N10O9P2. The van der Waals surface area contributed by atoms with Crippen LogP contribution in [0.4, 0.5) is 11.8 Å². The molecule has 43 heavy (non-hydrogen) atoms. The van der Waals surface area contributed by atoms with E-state index in [1.807, 2.05) is 0 Å². The highest BCUT2D eigenvalue weighted by Gasteiger charge is 2.46. The van der Waals surface area contributed by atoms with E-state index in [1.54, 1.807) is 4.57 Å². The summed E-state index contributed by atoms with van der Waals surface area (Å²) in [5.41, 5.74) is 12.2. The summed E-state index contributed by atoms with van der Waals surface area (Å²) >= 11 is 0. The fourth-order valence-corrected chi connectivity index (χ4v) is 7.86. The summed E-state index contributed by atoms with van der Waals surface area (Å²) in [7, 11) is -7.42. The number of ether oxygens (including phenoxy) is 2. The smallest absolute Gasteiger partial charge is 0.328 e. The van der Waals surface area contributed by atoms with E-state index in [-0.39, 0.29) is 49.0 Å². The minimum atomic E-state index is -3.75. The molecular weight excluding hydrogens is 610 g/mol. The molecule has 19 nitrogen and oxygen atoms in total. The van der Waals surface area contributed by atoms with E-state index in [0.717, 1.165) is 0 Å². The van der Waals surface area contributed by atoms with Crippen molar-refractivity contribution in [2.75, 3.05) is 38.0 Å². The number of aromatic amines is 1. The van der Waals surface area contributed by atoms with Gasteiger partial charge in [0, 0.05) is 26.2 Å². The van der Waals surface area contributed by atoms with E-state index in [4.69, 9.17) is 39.0 Å². The third-order valence-electron chi connectivity index (χ3n) is 7.37. The molecule has 5 N–H and O–H groups in total. The Morgan fingerprint density at radius 3 is 2.40 bits per heavy atom. The van der Waals surface area contributed by atoms with Crippen LogP contribution in [-0.2, 0) is 36.7 Å². The fourth-order valence-electron chi connectivity index (χ4n) is 5.49. The fraction of sp³-hybridized carbons (Fsp3) is 0.545. The Kier molecular flexibility index (Phi) is 6.90. The lowest BCUT2D eigenvalue weighted by molar-refractivity contribution is -0.0577. The molecule has 0 amide bonds. The van der Waals surface area contributed by atoms with Crippen LogP contribution in [0.1, 0.15) is 25.3 Å². The number of H-pyrrole nitrogens is 1. The Bertz CT molecular complexity index is 1860. The van der Waals surface area contributed by atoms with Gasteiger partial charge in [0.15, 0.2) is 28.9 Å². The van der Waals surface area contributed by atoms with Gasteiger partial charge < -0.3 is 39.0 Å². The van der Waals surface area contributed by atoms with E-state index in [2.05, 4.69) is 29.9 Å². The number of nitrogen functional groups attached to an aromatic ring is 2. The van der Waals surface area contributed by atoms with Gasteiger partial charge in [-0.15, -0.1) is 0 Å². The maximum Gasteiger partial charge on any atom is 0.328 e. The first-order valence-electron chi connectivity index (χ1n) is 13.2. The van der Waals surface area contributed by atoms with Gasteiger partial charge in [-0.3, -0.25) is 28.0 Å². The summed E-state index contributed by atoms with van der Waals surface area (Å²) in [5.74, 6) is 0.0960. The maximum atomic E-state index is 13.6. The van der Waals surface area contributed by atoms with Crippen molar-refractivity contribution in [3.8, 4) is 0 Å². The average molecular weight is 638 g/mol. The number of hydrogen-bond acceptors (Lipinski definition) is 16. The largest absolute Gasteiger partial charge is 0.382 e. The Morgan fingerprint density at radius 2 is 1.58 bits per heavy atom. The zero-order chi connectivity index (χ0) is 30.1. The van der Waals surface area contributed by atoms with Gasteiger partial charge in [0.2, 0.25) is 5.95 Å². The maximum absolute atomic E-state index is 13.6. The van der Waals surface area contributed by atoms with Crippen molar-refractivity contribution < 1.29 is 36.7 Å². The molecule has 3 saturated heterocycles. The van der Waals surface area contributed by atoms with Gasteiger partial charge in [-0.1, -0.05) is 0 Å². The lowest BCUT2D eigenvalue weighted by Gasteiger charge is -2.26. The summed E-state index contributed by atoms with van der Waals surface area (Å²) in [6.45, 7) is 2.33. The summed E-state index contributed by atoms with van der Waals surface area (Å²) < 4.78 is 66.2. The first-order chi connectivity index (χ1) is 20.5. The number of nitrogens with one attached hydrogen (secondary N) is 1. The van der Waals surface area contributed by atoms with Crippen molar-refractivity contribution in [2.24, 2.45) is 0 Å². The van der Waals surface area contributed by atoms with Gasteiger partial charge in [-0.25, -0.2) is 19.9 Å². The van der Waals surface area contributed by atoms with Crippen LogP contribution in [0.15, 0.2) is 23.8 Å². The number of fused-ring (bicyclic) bond motifs is 5. The van der Waals surface area contributed by atoms with Gasteiger partial charge in [0.25, 0.3) is 5.56 Å². The molecule has 0 saturated carbocycles.